The van der Waals surface area contributed by atoms with Gasteiger partial charge in [0.15, 0.2) is 0 Å². The van der Waals surface area contributed by atoms with E-state index in [1.54, 1.807) is 41.1 Å². The summed E-state index contributed by atoms with van der Waals surface area (Å²) in [5.41, 5.74) is 6.77. The van der Waals surface area contributed by atoms with Gasteiger partial charge in [-0.1, -0.05) is 0 Å². The Hall–Kier alpha value is -4.55. The predicted molar refractivity (Wildman–Crippen MR) is 153 cm³/mol. The lowest BCUT2D eigenvalue weighted by Crippen LogP contribution is -2.63. The van der Waals surface area contributed by atoms with Crippen LogP contribution in [0.5, 0.6) is 5.75 Å². The average molecular weight is 573 g/mol. The second-order valence-corrected chi connectivity index (χ2v) is 11.2. The van der Waals surface area contributed by atoms with E-state index in [1.165, 1.54) is 6.20 Å². The van der Waals surface area contributed by atoms with E-state index in [2.05, 4.69) is 15.3 Å². The van der Waals surface area contributed by atoms with Gasteiger partial charge < -0.3 is 31.1 Å². The second kappa shape index (κ2) is 10.1. The minimum Gasteiger partial charge on any atom is -0.493 e. The Bertz CT molecular complexity index is 1720. The number of anilines is 2. The van der Waals surface area contributed by atoms with E-state index in [9.17, 15) is 24.9 Å². The van der Waals surface area contributed by atoms with Crippen LogP contribution in [0.1, 0.15) is 54.4 Å². The Morgan fingerprint density at radius 3 is 2.62 bits per heavy atom. The molecule has 0 saturated heterocycles. The largest absolute Gasteiger partial charge is 0.493 e. The number of amides is 1. The number of fused-ring (bicyclic) bond motifs is 4. The van der Waals surface area contributed by atoms with Gasteiger partial charge in [0.2, 0.25) is 0 Å². The van der Waals surface area contributed by atoms with Crippen molar-refractivity contribution in [3.63, 3.8) is 0 Å². The highest BCUT2D eigenvalue weighted by Gasteiger charge is 2.64. The van der Waals surface area contributed by atoms with Crippen LogP contribution in [0.15, 0.2) is 48.9 Å². The Kier molecular flexibility index (Phi) is 6.62. The molecule has 1 amide bonds. The maximum absolute atomic E-state index is 13.1. The molecule has 3 fully saturated rings. The lowest BCUT2D eigenvalue weighted by atomic mass is 9.50. The van der Waals surface area contributed by atoms with Crippen molar-refractivity contribution in [1.29, 1.82) is 0 Å². The van der Waals surface area contributed by atoms with E-state index >= 15 is 0 Å². The number of nitrogen functional groups attached to an aromatic ring is 1. The third kappa shape index (κ3) is 4.17. The molecule has 0 radical (unpaired) electrons. The zero-order valence-electron chi connectivity index (χ0n) is 23.2. The minimum atomic E-state index is -1.38. The number of benzene rings is 1. The molecule has 3 saturated carbocycles. The predicted octanol–water partition coefficient (Wildman–Crippen LogP) is 2.95. The SMILES string of the molecule is CCOc1cc(C(=O)Nc2cc(C)ccn2)ccc1-c1nc(C23CCC(C(=O)O)(CC2O)C(O)C3)n2ccnc(N)c12. The monoisotopic (exact) mass is 572 g/mol. The van der Waals surface area contributed by atoms with E-state index in [1.807, 2.05) is 19.9 Å². The Labute approximate surface area is 241 Å². The number of pyridine rings is 1. The first kappa shape index (κ1) is 27.6. The summed E-state index contributed by atoms with van der Waals surface area (Å²) in [5, 5.41) is 35.1. The maximum Gasteiger partial charge on any atom is 0.312 e. The number of aliphatic hydroxyl groups is 2. The third-order valence-corrected chi connectivity index (χ3v) is 8.82. The van der Waals surface area contributed by atoms with Gasteiger partial charge >= 0.3 is 5.97 Å². The van der Waals surface area contributed by atoms with Crippen LogP contribution >= 0.6 is 0 Å². The molecule has 7 rings (SSSR count). The first-order chi connectivity index (χ1) is 20.1. The van der Waals surface area contributed by atoms with Gasteiger partial charge in [0, 0.05) is 29.7 Å². The summed E-state index contributed by atoms with van der Waals surface area (Å²) in [6.07, 6.45) is 3.11. The molecule has 6 N–H and O–H groups in total. The zero-order valence-corrected chi connectivity index (χ0v) is 23.2. The van der Waals surface area contributed by atoms with Crippen LogP contribution in [0.25, 0.3) is 16.8 Å². The molecule has 4 aromatic rings. The molecule has 3 aliphatic carbocycles. The van der Waals surface area contributed by atoms with Crippen molar-refractivity contribution in [2.75, 3.05) is 17.7 Å². The molecule has 12 heteroatoms. The Balaban J connectivity index is 1.45. The fourth-order valence-electron chi connectivity index (χ4n) is 6.56. The summed E-state index contributed by atoms with van der Waals surface area (Å²) < 4.78 is 7.73. The number of rotatable bonds is 7. The van der Waals surface area contributed by atoms with Crippen LogP contribution in [0.2, 0.25) is 0 Å². The molecule has 0 aliphatic heterocycles. The molecule has 3 aliphatic rings. The van der Waals surface area contributed by atoms with Gasteiger partial charge in [-0.25, -0.2) is 15.0 Å². The number of carboxylic acids is 1. The van der Waals surface area contributed by atoms with Gasteiger partial charge in [-0.15, -0.1) is 0 Å². The lowest BCUT2D eigenvalue weighted by Gasteiger charge is -2.55. The van der Waals surface area contributed by atoms with E-state index in [4.69, 9.17) is 15.5 Å². The summed E-state index contributed by atoms with van der Waals surface area (Å²) in [7, 11) is 0. The number of aryl methyl sites for hydroxylation is 1. The van der Waals surface area contributed by atoms with Gasteiger partial charge in [0.1, 0.15) is 34.4 Å². The number of hydrogen-bond donors (Lipinski definition) is 5. The number of nitrogens with one attached hydrogen (secondary N) is 1. The van der Waals surface area contributed by atoms with Crippen LogP contribution in [0.4, 0.5) is 11.6 Å². The molecule has 0 spiro atoms. The number of nitrogens with two attached hydrogens (primary N) is 1. The summed E-state index contributed by atoms with van der Waals surface area (Å²) in [6, 6.07) is 8.61. The first-order valence-corrected chi connectivity index (χ1v) is 13.8. The van der Waals surface area contributed by atoms with E-state index in [-0.39, 0.29) is 31.0 Å². The topological polar surface area (TPSA) is 185 Å². The molecule has 4 atom stereocenters. The van der Waals surface area contributed by atoms with Crippen molar-refractivity contribution in [3.05, 3.63) is 65.9 Å². The number of carbonyl (C=O) groups is 2. The number of hydrogen-bond acceptors (Lipinski definition) is 9. The molecule has 12 nitrogen and oxygen atoms in total. The Morgan fingerprint density at radius 2 is 1.93 bits per heavy atom. The number of aliphatic carboxylic acids is 1. The van der Waals surface area contributed by atoms with Gasteiger partial charge in [-0.3, -0.25) is 14.0 Å². The summed E-state index contributed by atoms with van der Waals surface area (Å²) in [4.78, 5) is 38.6. The summed E-state index contributed by atoms with van der Waals surface area (Å²) >= 11 is 0. The lowest BCUT2D eigenvalue weighted by molar-refractivity contribution is -0.187. The average Bonchev–Trinajstić information content (AvgIpc) is 3.35. The maximum atomic E-state index is 13.1. The zero-order chi connectivity index (χ0) is 29.8. The van der Waals surface area contributed by atoms with Crippen molar-refractivity contribution < 1.29 is 29.6 Å². The highest BCUT2D eigenvalue weighted by molar-refractivity contribution is 6.04. The number of aliphatic hydroxyl groups excluding tert-OH is 2. The molecule has 3 aromatic heterocycles. The highest BCUT2D eigenvalue weighted by Crippen LogP contribution is 2.58. The van der Waals surface area contributed by atoms with Crippen molar-refractivity contribution in [3.8, 4) is 17.0 Å². The smallest absolute Gasteiger partial charge is 0.312 e. The number of carboxylic acid groups (broad SMARTS) is 1. The number of aromatic nitrogens is 4. The van der Waals surface area contributed by atoms with Gasteiger partial charge in [-0.2, -0.15) is 0 Å². The summed E-state index contributed by atoms with van der Waals surface area (Å²) in [5.74, 6) is 0.0122. The van der Waals surface area contributed by atoms with Gasteiger partial charge in [0.05, 0.1) is 29.6 Å². The van der Waals surface area contributed by atoms with Crippen LogP contribution in [-0.4, -0.2) is 65.4 Å². The van der Waals surface area contributed by atoms with Gasteiger partial charge in [0.25, 0.3) is 5.91 Å². The highest BCUT2D eigenvalue weighted by atomic mass is 16.5. The fraction of sp³-hybridized carbons (Fsp3) is 0.367. The van der Waals surface area contributed by atoms with E-state index < -0.39 is 29.0 Å². The van der Waals surface area contributed by atoms with E-state index in [0.29, 0.717) is 52.8 Å². The fourth-order valence-corrected chi connectivity index (χ4v) is 6.56. The second-order valence-electron chi connectivity index (χ2n) is 11.2. The van der Waals surface area contributed by atoms with Crippen LogP contribution < -0.4 is 15.8 Å². The molecule has 1 aromatic carbocycles. The van der Waals surface area contributed by atoms with Crippen molar-refractivity contribution in [1.82, 2.24) is 19.4 Å². The van der Waals surface area contributed by atoms with Crippen LogP contribution in [-0.2, 0) is 10.2 Å². The Morgan fingerprint density at radius 1 is 1.12 bits per heavy atom. The molecular weight excluding hydrogens is 540 g/mol. The van der Waals surface area contributed by atoms with Crippen molar-refractivity contribution in [2.24, 2.45) is 5.41 Å². The molecule has 3 heterocycles. The molecule has 42 heavy (non-hydrogen) atoms. The minimum absolute atomic E-state index is 0.0334. The summed E-state index contributed by atoms with van der Waals surface area (Å²) in [6.45, 7) is 4.05. The van der Waals surface area contributed by atoms with Gasteiger partial charge in [-0.05, 0) is 75.4 Å². The van der Waals surface area contributed by atoms with Crippen molar-refractivity contribution in [2.45, 2.75) is 57.2 Å². The number of nitrogens with zero attached hydrogens (tertiary/aromatic N) is 4. The normalized spacial score (nSPS) is 25.0. The number of carbonyl (C=O) groups excluding carboxylic acids is 1. The third-order valence-electron chi connectivity index (χ3n) is 8.82. The molecular formula is C30H32N6O6. The van der Waals surface area contributed by atoms with Crippen molar-refractivity contribution >= 4 is 29.0 Å². The van der Waals surface area contributed by atoms with Crippen LogP contribution in [0, 0.1) is 12.3 Å². The quantitative estimate of drug-likeness (QED) is 0.220. The van der Waals surface area contributed by atoms with Crippen LogP contribution in [0.3, 0.4) is 0 Å². The number of ether oxygens (including phenoxy) is 1. The standard InChI is InChI=1S/C30H32N6O6/c1-3-42-19-13-17(26(39)34-22-12-16(2)6-9-32-22)4-5-18(19)23-24-25(31)33-10-11-36(24)27(35-23)29-7-8-30(28(40)41,15-20(29)37)21(38)14-29/h4-6,9-13,20-21,37-38H,3,7-8,14-15H2,1-2H3,(H2,31,33)(H,40,41)(H,32,34,39). The molecule has 4 unspecified atom stereocenters. The molecule has 2 bridgehead atoms. The molecule has 218 valence electrons. The number of imidazole rings is 1. The first-order valence-electron chi connectivity index (χ1n) is 13.8. The van der Waals surface area contributed by atoms with E-state index in [0.717, 1.165) is 5.56 Å².